The molecule has 1 aliphatic rings. The Balaban J connectivity index is 1.51. The van der Waals surface area contributed by atoms with Crippen molar-refractivity contribution in [3.8, 4) is 11.5 Å². The maximum absolute atomic E-state index is 13.3. The van der Waals surface area contributed by atoms with Crippen molar-refractivity contribution in [2.75, 3.05) is 26.5 Å². The van der Waals surface area contributed by atoms with Gasteiger partial charge in [-0.2, -0.15) is 0 Å². The van der Waals surface area contributed by atoms with Crippen LogP contribution in [0.4, 0.5) is 0 Å². The topological polar surface area (TPSA) is 38.8 Å². The lowest BCUT2D eigenvalue weighted by atomic mass is 9.90. The van der Waals surface area contributed by atoms with Crippen LogP contribution < -0.4 is 9.47 Å². The lowest BCUT2D eigenvalue weighted by molar-refractivity contribution is -0.133. The lowest BCUT2D eigenvalue weighted by Crippen LogP contribution is -2.40. The number of hydrogen-bond acceptors (Lipinski definition) is 5. The second-order valence-corrected chi connectivity index (χ2v) is 9.57. The number of amides is 1. The highest BCUT2D eigenvalue weighted by Crippen LogP contribution is 2.42. The quantitative estimate of drug-likeness (QED) is 0.319. The number of carbonyl (C=O) groups is 1. The highest BCUT2D eigenvalue weighted by Gasteiger charge is 2.33. The monoisotopic (exact) mass is 453 g/mol. The summed E-state index contributed by atoms with van der Waals surface area (Å²) in [6, 6.07) is 18.6. The Kier molecular flexibility index (Phi) is 7.20. The normalized spacial score (nSPS) is 15.4. The summed E-state index contributed by atoms with van der Waals surface area (Å²) in [5.41, 5.74) is 2.36. The number of thiophene rings is 1. The van der Waals surface area contributed by atoms with Crippen molar-refractivity contribution in [3.63, 3.8) is 0 Å². The molecule has 1 aliphatic heterocycles. The number of carbonyl (C=O) groups excluding carboxylic acids is 1. The van der Waals surface area contributed by atoms with E-state index in [1.807, 2.05) is 35.2 Å². The maximum Gasteiger partial charge on any atom is 0.223 e. The zero-order chi connectivity index (χ0) is 21.6. The van der Waals surface area contributed by atoms with Crippen LogP contribution in [0.3, 0.4) is 0 Å². The first-order chi connectivity index (χ1) is 15.2. The fraction of sp³-hybridized carbons (Fsp3) is 0.320. The first-order valence-electron chi connectivity index (χ1n) is 10.5. The van der Waals surface area contributed by atoms with Crippen LogP contribution in [0.25, 0.3) is 0 Å². The van der Waals surface area contributed by atoms with E-state index in [-0.39, 0.29) is 11.9 Å². The van der Waals surface area contributed by atoms with Gasteiger partial charge in [0.15, 0.2) is 11.5 Å². The summed E-state index contributed by atoms with van der Waals surface area (Å²) in [5.74, 6) is 2.60. The van der Waals surface area contributed by atoms with E-state index < -0.39 is 0 Å². The van der Waals surface area contributed by atoms with Crippen molar-refractivity contribution in [1.29, 1.82) is 0 Å². The molecule has 1 atom stereocenters. The van der Waals surface area contributed by atoms with E-state index in [4.69, 9.17) is 9.47 Å². The van der Waals surface area contributed by atoms with Crippen LogP contribution in [-0.4, -0.2) is 37.3 Å². The number of thioether (sulfide) groups is 1. The van der Waals surface area contributed by atoms with Crippen molar-refractivity contribution in [2.45, 2.75) is 30.2 Å². The first kappa shape index (κ1) is 21.8. The molecule has 0 fully saturated rings. The van der Waals surface area contributed by atoms with E-state index >= 15 is 0 Å². The van der Waals surface area contributed by atoms with Gasteiger partial charge in [0.2, 0.25) is 5.91 Å². The average molecular weight is 454 g/mol. The number of nitrogens with zero attached hydrogens (tertiary/aromatic N) is 1. The largest absolute Gasteiger partial charge is 0.493 e. The molecule has 1 aromatic heterocycles. The molecule has 2 heterocycles. The second kappa shape index (κ2) is 10.2. The Morgan fingerprint density at radius 2 is 1.87 bits per heavy atom. The van der Waals surface area contributed by atoms with Gasteiger partial charge in [0.1, 0.15) is 0 Å². The number of methoxy groups -OCH3 is 2. The molecule has 4 nitrogen and oxygen atoms in total. The van der Waals surface area contributed by atoms with Gasteiger partial charge in [-0.15, -0.1) is 23.1 Å². The maximum atomic E-state index is 13.3. The highest BCUT2D eigenvalue weighted by atomic mass is 32.2. The molecular weight excluding hydrogens is 426 g/mol. The Labute approximate surface area is 192 Å². The summed E-state index contributed by atoms with van der Waals surface area (Å²) in [6.07, 6.45) is 2.25. The molecule has 1 amide bonds. The molecule has 0 bridgehead atoms. The third-order valence-electron chi connectivity index (χ3n) is 5.55. The van der Waals surface area contributed by atoms with Gasteiger partial charge in [0.05, 0.1) is 20.3 Å². The fourth-order valence-electron chi connectivity index (χ4n) is 4.04. The molecule has 162 valence electrons. The van der Waals surface area contributed by atoms with Gasteiger partial charge in [-0.1, -0.05) is 24.3 Å². The summed E-state index contributed by atoms with van der Waals surface area (Å²) < 4.78 is 11.1. The lowest BCUT2D eigenvalue weighted by Gasteiger charge is -2.37. The molecule has 31 heavy (non-hydrogen) atoms. The fourth-order valence-corrected chi connectivity index (χ4v) is 5.77. The Bertz CT molecular complexity index is 1010. The van der Waals surface area contributed by atoms with Gasteiger partial charge in [0.25, 0.3) is 0 Å². The zero-order valence-electron chi connectivity index (χ0n) is 17.9. The first-order valence-corrected chi connectivity index (χ1v) is 12.3. The van der Waals surface area contributed by atoms with E-state index in [9.17, 15) is 4.79 Å². The standard InChI is InChI=1S/C25H27NO3S2/c1-28-21-16-18-12-13-26(24(27)11-7-14-30-19-8-4-3-5-9-19)25(23-10-6-15-31-23)20(18)17-22(21)29-2/h3-6,8-10,15-17,25H,7,11-14H2,1-2H3. The molecule has 0 aliphatic carbocycles. The molecule has 6 heteroatoms. The third kappa shape index (κ3) is 4.91. The Morgan fingerprint density at radius 1 is 1.10 bits per heavy atom. The van der Waals surface area contributed by atoms with Crippen molar-refractivity contribution in [3.05, 3.63) is 76.0 Å². The summed E-state index contributed by atoms with van der Waals surface area (Å²) in [4.78, 5) is 17.7. The van der Waals surface area contributed by atoms with Crippen molar-refractivity contribution in [1.82, 2.24) is 4.90 Å². The predicted molar refractivity (Wildman–Crippen MR) is 128 cm³/mol. The highest BCUT2D eigenvalue weighted by molar-refractivity contribution is 7.99. The summed E-state index contributed by atoms with van der Waals surface area (Å²) in [7, 11) is 3.31. The van der Waals surface area contributed by atoms with Gasteiger partial charge in [-0.25, -0.2) is 0 Å². The smallest absolute Gasteiger partial charge is 0.223 e. The van der Waals surface area contributed by atoms with Gasteiger partial charge in [0, 0.05) is 22.7 Å². The minimum absolute atomic E-state index is 0.0715. The molecule has 4 rings (SSSR count). The number of hydrogen-bond donors (Lipinski definition) is 0. The van der Waals surface area contributed by atoms with Crippen LogP contribution in [0.15, 0.2) is 64.9 Å². The Morgan fingerprint density at radius 3 is 2.58 bits per heavy atom. The third-order valence-corrected chi connectivity index (χ3v) is 7.58. The molecular formula is C25H27NO3S2. The molecule has 0 N–H and O–H groups in total. The van der Waals surface area contributed by atoms with Crippen molar-refractivity contribution >= 4 is 29.0 Å². The van der Waals surface area contributed by atoms with E-state index in [1.54, 1.807) is 37.3 Å². The van der Waals surface area contributed by atoms with E-state index in [2.05, 4.69) is 29.6 Å². The second-order valence-electron chi connectivity index (χ2n) is 7.43. The number of benzene rings is 2. The van der Waals surface area contributed by atoms with Gasteiger partial charge in [-0.05, 0) is 65.4 Å². The van der Waals surface area contributed by atoms with Crippen LogP contribution >= 0.6 is 23.1 Å². The SMILES string of the molecule is COc1cc2c(cc1OC)C(c1cccs1)N(C(=O)CCCSc1ccccc1)CC2. The minimum Gasteiger partial charge on any atom is -0.493 e. The van der Waals surface area contributed by atoms with Gasteiger partial charge >= 0.3 is 0 Å². The van der Waals surface area contributed by atoms with Crippen LogP contribution in [0.2, 0.25) is 0 Å². The number of rotatable bonds is 8. The zero-order valence-corrected chi connectivity index (χ0v) is 19.5. The van der Waals surface area contributed by atoms with E-state index in [1.165, 1.54) is 15.3 Å². The van der Waals surface area contributed by atoms with Crippen LogP contribution in [-0.2, 0) is 11.2 Å². The summed E-state index contributed by atoms with van der Waals surface area (Å²) in [6.45, 7) is 0.718. The van der Waals surface area contributed by atoms with Crippen LogP contribution in [0, 0.1) is 0 Å². The van der Waals surface area contributed by atoms with E-state index in [0.29, 0.717) is 12.2 Å². The molecule has 0 radical (unpaired) electrons. The van der Waals surface area contributed by atoms with Crippen LogP contribution in [0.1, 0.15) is 34.9 Å². The molecule has 3 aromatic rings. The average Bonchev–Trinajstić information content (AvgIpc) is 3.35. The molecule has 1 unspecified atom stereocenters. The van der Waals surface area contributed by atoms with Crippen LogP contribution in [0.5, 0.6) is 11.5 Å². The molecule has 2 aromatic carbocycles. The number of fused-ring (bicyclic) bond motifs is 1. The molecule has 0 saturated heterocycles. The predicted octanol–water partition coefficient (Wildman–Crippen LogP) is 5.81. The van der Waals surface area contributed by atoms with Crippen molar-refractivity contribution in [2.24, 2.45) is 0 Å². The van der Waals surface area contributed by atoms with Gasteiger partial charge < -0.3 is 14.4 Å². The van der Waals surface area contributed by atoms with Gasteiger partial charge in [-0.3, -0.25) is 4.79 Å². The summed E-state index contributed by atoms with van der Waals surface area (Å²) in [5, 5.41) is 2.07. The van der Waals surface area contributed by atoms with E-state index in [0.717, 1.165) is 36.5 Å². The van der Waals surface area contributed by atoms with Crippen molar-refractivity contribution < 1.29 is 14.3 Å². The molecule has 0 spiro atoms. The number of ether oxygens (including phenoxy) is 2. The minimum atomic E-state index is -0.0715. The molecule has 0 saturated carbocycles. The summed E-state index contributed by atoms with van der Waals surface area (Å²) >= 11 is 3.50. The Hall–Kier alpha value is -2.44.